The van der Waals surface area contributed by atoms with Crippen LogP contribution in [0.5, 0.6) is 0 Å². The molecule has 1 aromatic rings. The van der Waals surface area contributed by atoms with Crippen LogP contribution >= 0.6 is 0 Å². The summed E-state index contributed by atoms with van der Waals surface area (Å²) in [7, 11) is 0. The SMILES string of the molecule is CC(N)CCCC(=O)Nc1ccc(C(C)C)cc1. The maximum atomic E-state index is 11.7. The van der Waals surface area contributed by atoms with Crippen molar-refractivity contribution in [2.45, 2.75) is 52.0 Å². The first-order valence-electron chi connectivity index (χ1n) is 6.64. The molecule has 18 heavy (non-hydrogen) atoms. The lowest BCUT2D eigenvalue weighted by molar-refractivity contribution is -0.116. The van der Waals surface area contributed by atoms with Gasteiger partial charge in [0.05, 0.1) is 0 Å². The Kier molecular flexibility index (Phi) is 5.86. The van der Waals surface area contributed by atoms with E-state index in [2.05, 4.69) is 31.3 Å². The van der Waals surface area contributed by atoms with Crippen molar-refractivity contribution in [1.82, 2.24) is 0 Å². The van der Waals surface area contributed by atoms with E-state index in [1.54, 1.807) is 0 Å². The van der Waals surface area contributed by atoms with E-state index in [0.717, 1.165) is 18.5 Å². The predicted molar refractivity (Wildman–Crippen MR) is 76.7 cm³/mol. The van der Waals surface area contributed by atoms with Gasteiger partial charge < -0.3 is 11.1 Å². The van der Waals surface area contributed by atoms with Crippen LogP contribution in [0, 0.1) is 0 Å². The molecule has 1 aromatic carbocycles. The summed E-state index contributed by atoms with van der Waals surface area (Å²) in [5, 5.41) is 2.90. The monoisotopic (exact) mass is 248 g/mol. The van der Waals surface area contributed by atoms with Gasteiger partial charge in [-0.2, -0.15) is 0 Å². The molecule has 0 spiro atoms. The number of hydrogen-bond acceptors (Lipinski definition) is 2. The smallest absolute Gasteiger partial charge is 0.224 e. The van der Waals surface area contributed by atoms with Gasteiger partial charge in [-0.25, -0.2) is 0 Å². The molecule has 1 atom stereocenters. The second-order valence-electron chi connectivity index (χ2n) is 5.19. The fraction of sp³-hybridized carbons (Fsp3) is 0.533. The third kappa shape index (κ3) is 5.32. The molecule has 0 aliphatic heterocycles. The third-order valence-corrected chi connectivity index (χ3v) is 2.92. The first-order valence-corrected chi connectivity index (χ1v) is 6.64. The van der Waals surface area contributed by atoms with Gasteiger partial charge in [-0.3, -0.25) is 4.79 Å². The van der Waals surface area contributed by atoms with Crippen molar-refractivity contribution in [3.8, 4) is 0 Å². The van der Waals surface area contributed by atoms with Crippen LogP contribution in [0.25, 0.3) is 0 Å². The lowest BCUT2D eigenvalue weighted by Crippen LogP contribution is -2.16. The normalized spacial score (nSPS) is 12.5. The fourth-order valence-corrected chi connectivity index (χ4v) is 1.76. The summed E-state index contributed by atoms with van der Waals surface area (Å²) >= 11 is 0. The van der Waals surface area contributed by atoms with Crippen LogP contribution in [0.3, 0.4) is 0 Å². The summed E-state index contributed by atoms with van der Waals surface area (Å²) in [5.41, 5.74) is 7.79. The molecule has 0 saturated carbocycles. The van der Waals surface area contributed by atoms with E-state index in [1.807, 2.05) is 19.1 Å². The second kappa shape index (κ2) is 7.17. The Hall–Kier alpha value is -1.35. The van der Waals surface area contributed by atoms with Crippen LogP contribution < -0.4 is 11.1 Å². The number of benzene rings is 1. The second-order valence-corrected chi connectivity index (χ2v) is 5.19. The van der Waals surface area contributed by atoms with Crippen molar-refractivity contribution in [2.24, 2.45) is 5.73 Å². The van der Waals surface area contributed by atoms with Crippen molar-refractivity contribution >= 4 is 11.6 Å². The maximum absolute atomic E-state index is 11.7. The minimum Gasteiger partial charge on any atom is -0.328 e. The highest BCUT2D eigenvalue weighted by atomic mass is 16.1. The molecule has 0 heterocycles. The van der Waals surface area contributed by atoms with Gasteiger partial charge in [0.1, 0.15) is 0 Å². The molecule has 0 aromatic heterocycles. The summed E-state index contributed by atoms with van der Waals surface area (Å²) in [5.74, 6) is 0.578. The van der Waals surface area contributed by atoms with Crippen molar-refractivity contribution in [1.29, 1.82) is 0 Å². The van der Waals surface area contributed by atoms with Gasteiger partial charge in [0.2, 0.25) is 5.91 Å². The fourth-order valence-electron chi connectivity index (χ4n) is 1.76. The van der Waals surface area contributed by atoms with E-state index in [9.17, 15) is 4.79 Å². The number of nitrogens with two attached hydrogens (primary N) is 1. The number of hydrogen-bond donors (Lipinski definition) is 2. The Bertz CT molecular complexity index is 369. The maximum Gasteiger partial charge on any atom is 0.224 e. The van der Waals surface area contributed by atoms with Gasteiger partial charge in [-0.15, -0.1) is 0 Å². The standard InChI is InChI=1S/C15H24N2O/c1-11(2)13-7-9-14(10-8-13)17-15(18)6-4-5-12(3)16/h7-12H,4-6,16H2,1-3H3,(H,17,18). The molecule has 1 amide bonds. The molecule has 0 aliphatic carbocycles. The third-order valence-electron chi connectivity index (χ3n) is 2.92. The predicted octanol–water partition coefficient (Wildman–Crippen LogP) is 3.27. The summed E-state index contributed by atoms with van der Waals surface area (Å²) in [6, 6.07) is 8.20. The Morgan fingerprint density at radius 3 is 2.33 bits per heavy atom. The van der Waals surface area contributed by atoms with Gasteiger partial charge in [0.15, 0.2) is 0 Å². The zero-order valence-corrected chi connectivity index (χ0v) is 11.6. The van der Waals surface area contributed by atoms with Crippen molar-refractivity contribution in [2.75, 3.05) is 5.32 Å². The number of carbonyl (C=O) groups excluding carboxylic acids is 1. The molecule has 100 valence electrons. The van der Waals surface area contributed by atoms with Gasteiger partial charge in [0.25, 0.3) is 0 Å². The molecule has 0 saturated heterocycles. The summed E-state index contributed by atoms with van der Waals surface area (Å²) in [4.78, 5) is 11.7. The van der Waals surface area contributed by atoms with E-state index in [4.69, 9.17) is 5.73 Å². The minimum atomic E-state index is 0.0629. The summed E-state index contributed by atoms with van der Waals surface area (Å²) in [6.07, 6.45) is 2.26. The van der Waals surface area contributed by atoms with Gasteiger partial charge >= 0.3 is 0 Å². The molecule has 3 nitrogen and oxygen atoms in total. The van der Waals surface area contributed by atoms with E-state index >= 15 is 0 Å². The molecule has 0 fully saturated rings. The minimum absolute atomic E-state index is 0.0629. The molecule has 1 rings (SSSR count). The highest BCUT2D eigenvalue weighted by Gasteiger charge is 2.04. The summed E-state index contributed by atoms with van der Waals surface area (Å²) in [6.45, 7) is 6.27. The summed E-state index contributed by atoms with van der Waals surface area (Å²) < 4.78 is 0. The van der Waals surface area contributed by atoms with Crippen LogP contribution in [0.1, 0.15) is 51.5 Å². The van der Waals surface area contributed by atoms with Crippen molar-refractivity contribution in [3.63, 3.8) is 0 Å². The van der Waals surface area contributed by atoms with E-state index < -0.39 is 0 Å². The molecule has 1 unspecified atom stereocenters. The van der Waals surface area contributed by atoms with Gasteiger partial charge in [-0.1, -0.05) is 26.0 Å². The van der Waals surface area contributed by atoms with E-state index in [-0.39, 0.29) is 11.9 Å². The lowest BCUT2D eigenvalue weighted by atomic mass is 10.0. The Morgan fingerprint density at radius 2 is 1.83 bits per heavy atom. The highest BCUT2D eigenvalue weighted by molar-refractivity contribution is 5.90. The number of anilines is 1. The number of carbonyl (C=O) groups is 1. The van der Waals surface area contributed by atoms with Crippen LogP contribution in [0.2, 0.25) is 0 Å². The largest absolute Gasteiger partial charge is 0.328 e. The number of amides is 1. The lowest BCUT2D eigenvalue weighted by Gasteiger charge is -2.09. The molecular formula is C15H24N2O. The van der Waals surface area contributed by atoms with Crippen molar-refractivity contribution < 1.29 is 4.79 Å². The van der Waals surface area contributed by atoms with Gasteiger partial charge in [0, 0.05) is 18.2 Å². The van der Waals surface area contributed by atoms with Crippen LogP contribution in [0.15, 0.2) is 24.3 Å². The van der Waals surface area contributed by atoms with Gasteiger partial charge in [-0.05, 0) is 43.4 Å². The Balaban J connectivity index is 2.40. The number of nitrogens with one attached hydrogen (secondary N) is 1. The topological polar surface area (TPSA) is 55.1 Å². The molecule has 0 radical (unpaired) electrons. The van der Waals surface area contributed by atoms with Crippen LogP contribution in [-0.4, -0.2) is 11.9 Å². The van der Waals surface area contributed by atoms with Crippen LogP contribution in [-0.2, 0) is 4.79 Å². The Morgan fingerprint density at radius 1 is 1.22 bits per heavy atom. The zero-order valence-electron chi connectivity index (χ0n) is 11.6. The first kappa shape index (κ1) is 14.7. The molecular weight excluding hydrogens is 224 g/mol. The highest BCUT2D eigenvalue weighted by Crippen LogP contribution is 2.17. The molecule has 3 heteroatoms. The number of rotatable bonds is 6. The van der Waals surface area contributed by atoms with E-state index in [1.165, 1.54) is 5.56 Å². The first-order chi connectivity index (χ1) is 8.49. The molecule has 3 N–H and O–H groups in total. The average molecular weight is 248 g/mol. The average Bonchev–Trinajstić information content (AvgIpc) is 2.29. The van der Waals surface area contributed by atoms with Crippen LogP contribution in [0.4, 0.5) is 5.69 Å². The van der Waals surface area contributed by atoms with Crippen molar-refractivity contribution in [3.05, 3.63) is 29.8 Å². The zero-order chi connectivity index (χ0) is 13.5. The molecule has 0 bridgehead atoms. The molecule has 0 aliphatic rings. The Labute approximate surface area is 110 Å². The van der Waals surface area contributed by atoms with E-state index in [0.29, 0.717) is 12.3 Å². The quantitative estimate of drug-likeness (QED) is 0.811.